The van der Waals surface area contributed by atoms with Gasteiger partial charge in [-0.2, -0.15) is 5.26 Å². The number of anilines is 16. The Hall–Kier alpha value is -9.53. The standard InChI is InChI=1S/C64H64N10O/c1-39-29-49(67-59-23-15-51(31-41(59)3)69-61-25-17-53(33-43(61)5)71-63-27-19-56(35-45(63)7)74-73-55-12-10-11-47(37-55)38-65)13-21-57(39)66-48-14-22-58(40(2)30-48)68-50-16-24-60(42(4)32-50)70-52-18-26-62(44(6)34-52)72-54-20-28-64(75-9)46(8)36-54/h10-37,66-74H,1-9H3. The van der Waals surface area contributed by atoms with E-state index in [0.29, 0.717) is 5.56 Å². The molecule has 11 nitrogen and oxygen atoms in total. The summed E-state index contributed by atoms with van der Waals surface area (Å²) in [6, 6.07) is 60.2. The van der Waals surface area contributed by atoms with Crippen LogP contribution >= 0.6 is 0 Å². The molecule has 0 saturated heterocycles. The Morgan fingerprint density at radius 3 is 0.813 bits per heavy atom. The number of ether oxygens (including phenoxy) is 1. The first-order chi connectivity index (χ1) is 36.2. The van der Waals surface area contributed by atoms with E-state index in [4.69, 9.17) is 4.74 Å². The van der Waals surface area contributed by atoms with Crippen LogP contribution in [0, 0.1) is 66.7 Å². The molecule has 75 heavy (non-hydrogen) atoms. The molecule has 0 radical (unpaired) electrons. The van der Waals surface area contributed by atoms with Crippen molar-refractivity contribution in [3.05, 3.63) is 220 Å². The maximum atomic E-state index is 9.20. The lowest BCUT2D eigenvalue weighted by atomic mass is 10.1. The molecule has 0 saturated carbocycles. The molecule has 11 heteroatoms. The molecule has 9 aromatic rings. The number of aryl methyl sites for hydroxylation is 8. The first-order valence-corrected chi connectivity index (χ1v) is 25.1. The Morgan fingerprint density at radius 2 is 0.547 bits per heavy atom. The van der Waals surface area contributed by atoms with Crippen molar-refractivity contribution in [2.75, 3.05) is 55.2 Å². The van der Waals surface area contributed by atoms with E-state index in [9.17, 15) is 5.26 Å². The average molecular weight is 989 g/mol. The van der Waals surface area contributed by atoms with Gasteiger partial charge in [0, 0.05) is 79.6 Å². The van der Waals surface area contributed by atoms with Crippen LogP contribution in [0.3, 0.4) is 0 Å². The summed E-state index contributed by atoms with van der Waals surface area (Å²) >= 11 is 0. The molecule has 0 atom stereocenters. The minimum atomic E-state index is 0.606. The van der Waals surface area contributed by atoms with Gasteiger partial charge in [0.15, 0.2) is 0 Å². The maximum absolute atomic E-state index is 9.20. The van der Waals surface area contributed by atoms with Crippen LogP contribution in [-0.4, -0.2) is 7.11 Å². The number of rotatable bonds is 18. The smallest absolute Gasteiger partial charge is 0.121 e. The zero-order valence-electron chi connectivity index (χ0n) is 44.0. The highest BCUT2D eigenvalue weighted by molar-refractivity contribution is 5.78. The van der Waals surface area contributed by atoms with Gasteiger partial charge >= 0.3 is 0 Å². The lowest BCUT2D eigenvalue weighted by Crippen LogP contribution is -2.09. The molecule has 0 bridgehead atoms. The average Bonchev–Trinajstić information content (AvgIpc) is 3.39. The molecule has 0 unspecified atom stereocenters. The van der Waals surface area contributed by atoms with Crippen LogP contribution in [0.25, 0.3) is 0 Å². The summed E-state index contributed by atoms with van der Waals surface area (Å²) in [4.78, 5) is 0. The van der Waals surface area contributed by atoms with Gasteiger partial charge < -0.3 is 52.8 Å². The van der Waals surface area contributed by atoms with Crippen LogP contribution in [0.2, 0.25) is 0 Å². The van der Waals surface area contributed by atoms with Gasteiger partial charge in [0.25, 0.3) is 0 Å². The maximum Gasteiger partial charge on any atom is 0.121 e. The van der Waals surface area contributed by atoms with Gasteiger partial charge in [0.05, 0.1) is 30.1 Å². The van der Waals surface area contributed by atoms with Crippen LogP contribution in [0.1, 0.15) is 50.1 Å². The highest BCUT2D eigenvalue weighted by Crippen LogP contribution is 2.35. The summed E-state index contributed by atoms with van der Waals surface area (Å²) in [5.41, 5.74) is 32.3. The van der Waals surface area contributed by atoms with Crippen molar-refractivity contribution < 1.29 is 4.74 Å². The highest BCUT2D eigenvalue weighted by atomic mass is 16.5. The molecule has 9 N–H and O–H groups in total. The van der Waals surface area contributed by atoms with Crippen molar-refractivity contribution >= 4 is 91.0 Å². The Morgan fingerprint density at radius 1 is 0.293 bits per heavy atom. The van der Waals surface area contributed by atoms with E-state index in [1.54, 1.807) is 19.2 Å². The molecule has 0 heterocycles. The SMILES string of the molecule is COc1ccc(Nc2ccc(Nc3ccc(Nc4ccc(Nc5ccc(Nc6ccc(Nc7ccc(Nc8ccc(NNc9cccc(C#N)c9)cc8C)cc7C)cc6C)cc5C)cc4C)cc3C)cc2C)cc1C. The lowest BCUT2D eigenvalue weighted by Gasteiger charge is -2.17. The number of hydrazine groups is 1. The topological polar surface area (TPSA) is 141 Å². The predicted octanol–water partition coefficient (Wildman–Crippen LogP) is 17.7. The molecule has 0 aliphatic rings. The molecular formula is C64H64N10O. The number of nitriles is 1. The number of hydrogen-bond acceptors (Lipinski definition) is 11. The molecule has 376 valence electrons. The molecular weight excluding hydrogens is 925 g/mol. The third kappa shape index (κ3) is 12.6. The van der Waals surface area contributed by atoms with E-state index in [1.165, 1.54) is 0 Å². The summed E-state index contributed by atoms with van der Waals surface area (Å²) in [5.74, 6) is 0.881. The second-order valence-corrected chi connectivity index (χ2v) is 19.2. The molecule has 9 rings (SSSR count). The fourth-order valence-corrected chi connectivity index (χ4v) is 9.03. The second-order valence-electron chi connectivity index (χ2n) is 19.2. The number of nitrogens with zero attached hydrogens (tertiary/aromatic N) is 1. The van der Waals surface area contributed by atoms with Crippen molar-refractivity contribution in [3.63, 3.8) is 0 Å². The van der Waals surface area contributed by atoms with Gasteiger partial charge in [-0.1, -0.05) is 6.07 Å². The molecule has 0 fully saturated rings. The normalized spacial score (nSPS) is 10.7. The van der Waals surface area contributed by atoms with Crippen molar-refractivity contribution in [2.24, 2.45) is 0 Å². The minimum Gasteiger partial charge on any atom is -0.496 e. The van der Waals surface area contributed by atoms with Crippen LogP contribution in [-0.2, 0) is 0 Å². The fraction of sp³-hybridized carbons (Fsp3) is 0.141. The summed E-state index contributed by atoms with van der Waals surface area (Å²) in [6.45, 7) is 16.9. The molecule has 0 spiro atoms. The van der Waals surface area contributed by atoms with Crippen LogP contribution in [0.5, 0.6) is 5.75 Å². The Balaban J connectivity index is 0.757. The summed E-state index contributed by atoms with van der Waals surface area (Å²) in [6.07, 6.45) is 0. The van der Waals surface area contributed by atoms with Crippen LogP contribution < -0.4 is 52.8 Å². The summed E-state index contributed by atoms with van der Waals surface area (Å²) in [5, 5.41) is 34.5. The van der Waals surface area contributed by atoms with E-state index < -0.39 is 0 Å². The third-order valence-corrected chi connectivity index (χ3v) is 13.3. The van der Waals surface area contributed by atoms with Gasteiger partial charge in [0.1, 0.15) is 5.75 Å². The van der Waals surface area contributed by atoms with E-state index >= 15 is 0 Å². The Bertz CT molecular complexity index is 3600. The summed E-state index contributed by atoms with van der Waals surface area (Å²) < 4.78 is 5.42. The quantitative estimate of drug-likeness (QED) is 0.0380. The third-order valence-electron chi connectivity index (χ3n) is 13.3. The van der Waals surface area contributed by atoms with E-state index in [-0.39, 0.29) is 0 Å². The van der Waals surface area contributed by atoms with Crippen molar-refractivity contribution in [1.29, 1.82) is 5.26 Å². The number of nitrogens with one attached hydrogen (secondary N) is 9. The van der Waals surface area contributed by atoms with Crippen LogP contribution in [0.15, 0.2) is 170 Å². The monoisotopic (exact) mass is 989 g/mol. The first-order valence-electron chi connectivity index (χ1n) is 25.1. The van der Waals surface area contributed by atoms with E-state index in [2.05, 4.69) is 237 Å². The van der Waals surface area contributed by atoms with Crippen LogP contribution in [0.4, 0.5) is 91.0 Å². The Labute approximate surface area is 441 Å². The van der Waals surface area contributed by atoms with Crippen molar-refractivity contribution in [3.8, 4) is 11.8 Å². The van der Waals surface area contributed by atoms with Gasteiger partial charge in [-0.15, -0.1) is 0 Å². The second kappa shape index (κ2) is 22.5. The number of benzene rings is 9. The molecule has 0 amide bonds. The van der Waals surface area contributed by atoms with Crippen molar-refractivity contribution in [2.45, 2.75) is 55.4 Å². The largest absolute Gasteiger partial charge is 0.496 e. The highest BCUT2D eigenvalue weighted by Gasteiger charge is 2.11. The Kier molecular flexibility index (Phi) is 15.1. The zero-order chi connectivity index (χ0) is 52.6. The van der Waals surface area contributed by atoms with E-state index in [0.717, 1.165) is 141 Å². The lowest BCUT2D eigenvalue weighted by molar-refractivity contribution is 0.412. The molecule has 0 aromatic heterocycles. The van der Waals surface area contributed by atoms with Crippen molar-refractivity contribution in [1.82, 2.24) is 0 Å². The van der Waals surface area contributed by atoms with Gasteiger partial charge in [-0.25, -0.2) is 0 Å². The first kappa shape index (κ1) is 50.4. The van der Waals surface area contributed by atoms with Gasteiger partial charge in [-0.05, 0) is 264 Å². The molecule has 9 aromatic carbocycles. The summed E-state index contributed by atoms with van der Waals surface area (Å²) in [7, 11) is 1.70. The minimum absolute atomic E-state index is 0.606. The van der Waals surface area contributed by atoms with Gasteiger partial charge in [-0.3, -0.25) is 0 Å². The molecule has 0 aliphatic heterocycles. The molecule has 0 aliphatic carbocycles. The number of methoxy groups -OCH3 is 1. The van der Waals surface area contributed by atoms with E-state index in [1.807, 2.05) is 30.3 Å². The number of hydrogen-bond donors (Lipinski definition) is 9. The fourth-order valence-electron chi connectivity index (χ4n) is 9.03. The predicted molar refractivity (Wildman–Crippen MR) is 317 cm³/mol. The zero-order valence-corrected chi connectivity index (χ0v) is 44.0. The van der Waals surface area contributed by atoms with Gasteiger partial charge in [0.2, 0.25) is 0 Å².